The number of hydrogen-bond acceptors (Lipinski definition) is 3. The third kappa shape index (κ3) is 4.67. The number of rotatable bonds is 3. The zero-order chi connectivity index (χ0) is 7.28. The van der Waals surface area contributed by atoms with Crippen LogP contribution in [0.5, 0.6) is 0 Å². The molecule has 4 heteroatoms. The molecule has 0 spiro atoms. The third-order valence-electron chi connectivity index (χ3n) is 0.731. The van der Waals surface area contributed by atoms with Crippen LogP contribution in [-0.4, -0.2) is 17.8 Å². The highest BCUT2D eigenvalue weighted by Crippen LogP contribution is 1.88. The normalized spacial score (nSPS) is 11.0. The Morgan fingerprint density at radius 3 is 2.67 bits per heavy atom. The molecule has 0 heterocycles. The van der Waals surface area contributed by atoms with Gasteiger partial charge >= 0.3 is 0 Å². The molecule has 0 aromatic heterocycles. The lowest BCUT2D eigenvalue weighted by atomic mass is 10.3. The lowest BCUT2D eigenvalue weighted by Gasteiger charge is -1.87. The second kappa shape index (κ2) is 3.77. The van der Waals surface area contributed by atoms with Crippen molar-refractivity contribution in [2.75, 3.05) is 6.54 Å². The van der Waals surface area contributed by atoms with E-state index in [2.05, 4.69) is 0 Å². The molecule has 0 aliphatic heterocycles. The van der Waals surface area contributed by atoms with Crippen LogP contribution in [0.3, 0.4) is 0 Å². The fraction of sp³-hybridized carbons (Fsp3) is 0.400. The first-order chi connectivity index (χ1) is 4.16. The highest BCUT2D eigenvalue weighted by Gasteiger charge is 1.96. The summed E-state index contributed by atoms with van der Waals surface area (Å²) < 4.78 is 0. The summed E-state index contributed by atoms with van der Waals surface area (Å²) in [7, 11) is 0. The van der Waals surface area contributed by atoms with Gasteiger partial charge in [0.2, 0.25) is 6.54 Å². The molecular weight excluding hydrogens is 122 g/mol. The van der Waals surface area contributed by atoms with E-state index in [0.717, 1.165) is 0 Å². The van der Waals surface area contributed by atoms with E-state index in [1.807, 2.05) is 0 Å². The van der Waals surface area contributed by atoms with Crippen LogP contribution in [0.25, 0.3) is 0 Å². The van der Waals surface area contributed by atoms with Gasteiger partial charge in [0, 0.05) is 4.92 Å². The number of carbonyl (C=O) groups excluding carboxylic acids is 1. The van der Waals surface area contributed by atoms with E-state index in [0.29, 0.717) is 11.9 Å². The summed E-state index contributed by atoms with van der Waals surface area (Å²) in [5.74, 6) is 0. The van der Waals surface area contributed by atoms with Crippen molar-refractivity contribution in [1.29, 1.82) is 0 Å². The van der Waals surface area contributed by atoms with Crippen molar-refractivity contribution in [3.63, 3.8) is 0 Å². The van der Waals surface area contributed by atoms with E-state index in [4.69, 9.17) is 0 Å². The van der Waals surface area contributed by atoms with Crippen molar-refractivity contribution >= 4 is 6.29 Å². The summed E-state index contributed by atoms with van der Waals surface area (Å²) in [5.41, 5.74) is 0.468. The Morgan fingerprint density at radius 2 is 2.33 bits per heavy atom. The van der Waals surface area contributed by atoms with Crippen LogP contribution in [0.1, 0.15) is 6.92 Å². The summed E-state index contributed by atoms with van der Waals surface area (Å²) in [4.78, 5) is 19.0. The second-order valence-corrected chi connectivity index (χ2v) is 1.64. The van der Waals surface area contributed by atoms with Gasteiger partial charge in [0.25, 0.3) is 0 Å². The van der Waals surface area contributed by atoms with Crippen molar-refractivity contribution in [1.82, 2.24) is 0 Å². The average molecular weight is 129 g/mol. The minimum Gasteiger partial charge on any atom is -0.299 e. The van der Waals surface area contributed by atoms with Crippen LogP contribution < -0.4 is 0 Å². The number of carbonyl (C=O) groups is 1. The lowest BCUT2D eigenvalue weighted by molar-refractivity contribution is -0.470. The molecule has 0 N–H and O–H groups in total. The molecule has 0 saturated carbocycles. The Labute approximate surface area is 52.3 Å². The summed E-state index contributed by atoms with van der Waals surface area (Å²) >= 11 is 0. The molecular formula is C5H7NO3. The zero-order valence-electron chi connectivity index (χ0n) is 5.03. The van der Waals surface area contributed by atoms with Crippen LogP contribution >= 0.6 is 0 Å². The highest BCUT2D eigenvalue weighted by molar-refractivity contribution is 5.65. The van der Waals surface area contributed by atoms with Gasteiger partial charge in [-0.2, -0.15) is 0 Å². The predicted octanol–water partition coefficient (Wildman–Crippen LogP) is 0.408. The van der Waals surface area contributed by atoms with Gasteiger partial charge in [-0.15, -0.1) is 0 Å². The molecule has 0 aromatic carbocycles. The lowest BCUT2D eigenvalue weighted by Crippen LogP contribution is -2.01. The molecule has 0 rings (SSSR count). The molecule has 0 fully saturated rings. The number of aldehydes is 1. The van der Waals surface area contributed by atoms with E-state index < -0.39 is 4.92 Å². The molecule has 0 bridgehead atoms. The first-order valence-corrected chi connectivity index (χ1v) is 2.39. The topological polar surface area (TPSA) is 60.2 Å². The molecule has 0 unspecified atom stereocenters. The molecule has 0 aromatic rings. The van der Waals surface area contributed by atoms with E-state index in [1.54, 1.807) is 0 Å². The van der Waals surface area contributed by atoms with Gasteiger partial charge in [0.15, 0.2) is 0 Å². The molecule has 4 nitrogen and oxygen atoms in total. The van der Waals surface area contributed by atoms with Crippen molar-refractivity contribution < 1.29 is 9.72 Å². The van der Waals surface area contributed by atoms with Gasteiger partial charge in [-0.3, -0.25) is 14.9 Å². The highest BCUT2D eigenvalue weighted by atomic mass is 16.6. The van der Waals surface area contributed by atoms with E-state index in [1.165, 1.54) is 13.0 Å². The van der Waals surface area contributed by atoms with Crippen LogP contribution in [0.4, 0.5) is 0 Å². The zero-order valence-corrected chi connectivity index (χ0v) is 5.03. The van der Waals surface area contributed by atoms with Gasteiger partial charge in [0.1, 0.15) is 6.29 Å². The number of nitro groups is 1. The summed E-state index contributed by atoms with van der Waals surface area (Å²) in [6.45, 7) is 1.29. The molecule has 0 radical (unpaired) electrons. The minimum atomic E-state index is -0.477. The summed E-state index contributed by atoms with van der Waals surface area (Å²) in [5, 5.41) is 9.73. The van der Waals surface area contributed by atoms with Crippen LogP contribution in [0.2, 0.25) is 0 Å². The Kier molecular flexibility index (Phi) is 3.27. The monoisotopic (exact) mass is 129 g/mol. The summed E-state index contributed by atoms with van der Waals surface area (Å²) in [6, 6.07) is 0. The molecule has 50 valence electrons. The SMILES string of the molecule is CC(=CC=O)C[N+](=O)[O-]. The Morgan fingerprint density at radius 1 is 1.78 bits per heavy atom. The largest absolute Gasteiger partial charge is 0.299 e. The van der Waals surface area contributed by atoms with Crippen molar-refractivity contribution in [2.24, 2.45) is 0 Å². The number of hydrogen-bond donors (Lipinski definition) is 0. The van der Waals surface area contributed by atoms with E-state index in [-0.39, 0.29) is 6.54 Å². The maximum absolute atomic E-state index is 9.73. The molecule has 0 aliphatic carbocycles. The van der Waals surface area contributed by atoms with Crippen LogP contribution in [0.15, 0.2) is 11.6 Å². The van der Waals surface area contributed by atoms with Crippen LogP contribution in [-0.2, 0) is 4.79 Å². The Bertz CT molecular complexity index is 150. The first-order valence-electron chi connectivity index (χ1n) is 2.39. The molecule has 0 amide bonds. The van der Waals surface area contributed by atoms with Crippen molar-refractivity contribution in [3.8, 4) is 0 Å². The second-order valence-electron chi connectivity index (χ2n) is 1.64. The fourth-order valence-corrected chi connectivity index (χ4v) is 0.372. The summed E-state index contributed by atoms with van der Waals surface area (Å²) in [6.07, 6.45) is 1.72. The molecule has 0 saturated heterocycles. The van der Waals surface area contributed by atoms with Gasteiger partial charge in [-0.25, -0.2) is 0 Å². The molecule has 9 heavy (non-hydrogen) atoms. The van der Waals surface area contributed by atoms with Gasteiger partial charge in [0.05, 0.1) is 0 Å². The Balaban J connectivity index is 3.75. The molecule has 0 atom stereocenters. The van der Waals surface area contributed by atoms with Gasteiger partial charge < -0.3 is 0 Å². The van der Waals surface area contributed by atoms with Crippen molar-refractivity contribution in [3.05, 3.63) is 21.8 Å². The Hall–Kier alpha value is -1.19. The van der Waals surface area contributed by atoms with Gasteiger partial charge in [-0.1, -0.05) is 0 Å². The maximum Gasteiger partial charge on any atom is 0.225 e. The molecule has 0 aliphatic rings. The number of allylic oxidation sites excluding steroid dienone is 1. The van der Waals surface area contributed by atoms with Gasteiger partial charge in [-0.05, 0) is 18.6 Å². The van der Waals surface area contributed by atoms with E-state index >= 15 is 0 Å². The minimum absolute atomic E-state index is 0.251. The number of nitrogens with zero attached hydrogens (tertiary/aromatic N) is 1. The van der Waals surface area contributed by atoms with Crippen LogP contribution in [0, 0.1) is 10.1 Å². The van der Waals surface area contributed by atoms with Crippen molar-refractivity contribution in [2.45, 2.75) is 6.92 Å². The fourth-order valence-electron chi connectivity index (χ4n) is 0.372. The maximum atomic E-state index is 9.73. The first kappa shape index (κ1) is 7.81. The quantitative estimate of drug-likeness (QED) is 0.240. The smallest absolute Gasteiger partial charge is 0.225 e. The third-order valence-corrected chi connectivity index (χ3v) is 0.731. The predicted molar refractivity (Wildman–Crippen MR) is 31.7 cm³/mol. The van der Waals surface area contributed by atoms with E-state index in [9.17, 15) is 14.9 Å². The standard InChI is InChI=1S/C5H7NO3/c1-5(2-3-7)4-6(8)9/h2-3H,4H2,1H3. The average Bonchev–Trinajstić information content (AvgIpc) is 1.63.